The summed E-state index contributed by atoms with van der Waals surface area (Å²) in [7, 11) is 3.39. The number of hydrogen-bond acceptors (Lipinski definition) is 3. The number of piperidine rings is 2. The normalized spacial score (nSPS) is 40.0. The number of aliphatic hydroxyl groups is 1. The minimum Gasteiger partial charge on any atom is -0.493 e. The molecule has 5 heteroatoms. The van der Waals surface area contributed by atoms with Crippen LogP contribution in [0.25, 0.3) is 0 Å². The van der Waals surface area contributed by atoms with Gasteiger partial charge in [-0.3, -0.25) is 9.80 Å². The van der Waals surface area contributed by atoms with Crippen LogP contribution in [0.1, 0.15) is 39.4 Å². The lowest BCUT2D eigenvalue weighted by Crippen LogP contribution is -3.41. The van der Waals surface area contributed by atoms with Crippen molar-refractivity contribution in [2.75, 3.05) is 40.4 Å². The van der Waals surface area contributed by atoms with E-state index < -0.39 is 0 Å². The summed E-state index contributed by atoms with van der Waals surface area (Å²) in [5.74, 6) is 2.57. The Bertz CT molecular complexity index is 674. The average Bonchev–Trinajstić information content (AvgIpc) is 2.64. The lowest BCUT2D eigenvalue weighted by molar-refractivity contribution is -1.19. The molecule has 0 saturated carbocycles. The Hall–Kier alpha value is -1.30. The molecule has 0 amide bonds. The zero-order chi connectivity index (χ0) is 19.6. The second-order valence-electron chi connectivity index (χ2n) is 9.75. The number of quaternary nitrogens is 2. The highest BCUT2D eigenvalue weighted by atomic mass is 16.5. The van der Waals surface area contributed by atoms with Gasteiger partial charge in [-0.25, -0.2) is 0 Å². The van der Waals surface area contributed by atoms with Crippen molar-refractivity contribution in [3.8, 4) is 11.5 Å². The molecule has 1 aromatic carbocycles. The minimum atomic E-state index is -0.191. The molecule has 4 bridgehead atoms. The van der Waals surface area contributed by atoms with Crippen LogP contribution in [-0.4, -0.2) is 51.6 Å². The highest BCUT2D eigenvalue weighted by molar-refractivity contribution is 5.43. The molecule has 4 aliphatic heterocycles. The van der Waals surface area contributed by atoms with Crippen molar-refractivity contribution in [3.05, 3.63) is 23.8 Å². The van der Waals surface area contributed by atoms with Crippen molar-refractivity contribution < 1.29 is 24.4 Å². The van der Waals surface area contributed by atoms with Gasteiger partial charge in [0.2, 0.25) is 6.17 Å². The summed E-state index contributed by atoms with van der Waals surface area (Å²) in [6.07, 6.45) is 0.222. The third-order valence-corrected chi connectivity index (χ3v) is 8.17. The first-order valence-electron chi connectivity index (χ1n) is 10.4. The van der Waals surface area contributed by atoms with Crippen molar-refractivity contribution >= 4 is 0 Å². The van der Waals surface area contributed by atoms with Gasteiger partial charge in [-0.05, 0) is 30.0 Å². The molecule has 150 valence electrons. The van der Waals surface area contributed by atoms with Gasteiger partial charge < -0.3 is 14.6 Å². The van der Waals surface area contributed by atoms with Crippen molar-refractivity contribution in [2.24, 2.45) is 22.7 Å². The summed E-state index contributed by atoms with van der Waals surface area (Å²) in [5, 5.41) is 11.5. The van der Waals surface area contributed by atoms with Crippen LogP contribution in [0.15, 0.2) is 18.2 Å². The van der Waals surface area contributed by atoms with Gasteiger partial charge in [-0.2, -0.15) is 0 Å². The zero-order valence-corrected chi connectivity index (χ0v) is 17.6. The van der Waals surface area contributed by atoms with Crippen LogP contribution in [0.5, 0.6) is 11.5 Å². The van der Waals surface area contributed by atoms with Crippen LogP contribution in [0.2, 0.25) is 0 Å². The number of rotatable bonds is 5. The van der Waals surface area contributed by atoms with E-state index in [0.29, 0.717) is 18.0 Å². The molecule has 0 atom stereocenters. The van der Waals surface area contributed by atoms with E-state index in [4.69, 9.17) is 9.47 Å². The Morgan fingerprint density at radius 1 is 0.889 bits per heavy atom. The molecular formula is C22H36N2O3+2. The van der Waals surface area contributed by atoms with Gasteiger partial charge in [-0.1, -0.05) is 27.7 Å². The predicted molar refractivity (Wildman–Crippen MR) is 104 cm³/mol. The standard InChI is InChI=1S/C22H34N2O3/c1-14(2)21-10-23-12-22(15(3)4,20(21)25)13-24(11-21)19(23)16-7-8-17(26-5)18(9-16)27-6/h7-9,14-15,19-20,25H,10-13H2,1-6H3/p+2. The maximum Gasteiger partial charge on any atom is 0.240 e. The van der Waals surface area contributed by atoms with Gasteiger partial charge in [0, 0.05) is 0 Å². The lowest BCUT2D eigenvalue weighted by Gasteiger charge is -2.66. The van der Waals surface area contributed by atoms with E-state index in [1.807, 2.05) is 6.07 Å². The molecule has 0 radical (unpaired) electrons. The van der Waals surface area contributed by atoms with E-state index in [1.54, 1.807) is 24.0 Å². The summed E-state index contributed by atoms with van der Waals surface area (Å²) in [6.45, 7) is 13.4. The molecule has 1 aromatic rings. The topological polar surface area (TPSA) is 47.6 Å². The number of aliphatic hydroxyl groups excluding tert-OH is 1. The molecule has 0 aliphatic carbocycles. The third-order valence-electron chi connectivity index (χ3n) is 8.17. The van der Waals surface area contributed by atoms with Crippen molar-refractivity contribution in [1.29, 1.82) is 0 Å². The molecule has 5 rings (SSSR count). The fourth-order valence-corrected chi connectivity index (χ4v) is 6.55. The van der Waals surface area contributed by atoms with Gasteiger partial charge in [0.25, 0.3) is 0 Å². The largest absolute Gasteiger partial charge is 0.493 e. The SMILES string of the molecule is COc1ccc(C2[NH+]3CC4(C(C)C)C[NH+]2CC(C(C)C)(C3)C4O)cc1OC. The third kappa shape index (κ3) is 2.48. The van der Waals surface area contributed by atoms with Crippen LogP contribution in [0.3, 0.4) is 0 Å². The van der Waals surface area contributed by atoms with E-state index in [1.165, 1.54) is 5.56 Å². The fourth-order valence-electron chi connectivity index (χ4n) is 6.55. The Labute approximate surface area is 163 Å². The summed E-state index contributed by atoms with van der Waals surface area (Å²) in [5.41, 5.74) is 1.38. The summed E-state index contributed by atoms with van der Waals surface area (Å²) in [4.78, 5) is 3.25. The first-order chi connectivity index (χ1) is 12.8. The van der Waals surface area contributed by atoms with Crippen molar-refractivity contribution in [2.45, 2.75) is 40.0 Å². The second kappa shape index (κ2) is 6.36. The quantitative estimate of drug-likeness (QED) is 0.686. The summed E-state index contributed by atoms with van der Waals surface area (Å²) >= 11 is 0. The van der Waals surface area contributed by atoms with E-state index in [9.17, 15) is 5.11 Å². The first-order valence-corrected chi connectivity index (χ1v) is 10.4. The summed E-state index contributed by atoms with van der Waals surface area (Å²) < 4.78 is 11.0. The Balaban J connectivity index is 1.75. The van der Waals surface area contributed by atoms with Gasteiger partial charge in [0.15, 0.2) is 11.5 Å². The highest BCUT2D eigenvalue weighted by Gasteiger charge is 2.72. The predicted octanol–water partition coefficient (Wildman–Crippen LogP) is 0.159. The Morgan fingerprint density at radius 3 is 1.78 bits per heavy atom. The van der Waals surface area contributed by atoms with Crippen LogP contribution >= 0.6 is 0 Å². The highest BCUT2D eigenvalue weighted by Crippen LogP contribution is 2.48. The van der Waals surface area contributed by atoms with Crippen molar-refractivity contribution in [1.82, 2.24) is 0 Å². The van der Waals surface area contributed by atoms with Crippen LogP contribution in [-0.2, 0) is 0 Å². The van der Waals surface area contributed by atoms with Crippen molar-refractivity contribution in [3.63, 3.8) is 0 Å². The van der Waals surface area contributed by atoms with Gasteiger partial charge in [-0.15, -0.1) is 0 Å². The van der Waals surface area contributed by atoms with Gasteiger partial charge in [0.05, 0.1) is 62.9 Å². The lowest BCUT2D eigenvalue weighted by atomic mass is 9.52. The molecule has 4 fully saturated rings. The minimum absolute atomic E-state index is 0.0263. The Morgan fingerprint density at radius 2 is 1.37 bits per heavy atom. The zero-order valence-electron chi connectivity index (χ0n) is 17.6. The molecule has 4 saturated heterocycles. The maximum absolute atomic E-state index is 11.5. The molecule has 4 heterocycles. The number of nitrogens with one attached hydrogen (secondary N) is 2. The van der Waals surface area contributed by atoms with Gasteiger partial charge >= 0.3 is 0 Å². The number of benzene rings is 1. The van der Waals surface area contributed by atoms with E-state index >= 15 is 0 Å². The van der Waals surface area contributed by atoms with Crippen LogP contribution in [0.4, 0.5) is 0 Å². The molecule has 27 heavy (non-hydrogen) atoms. The van der Waals surface area contributed by atoms with E-state index in [0.717, 1.165) is 37.7 Å². The second-order valence-corrected chi connectivity index (χ2v) is 9.75. The number of methoxy groups -OCH3 is 2. The first kappa shape index (κ1) is 19.0. The molecule has 0 spiro atoms. The summed E-state index contributed by atoms with van der Waals surface area (Å²) in [6, 6.07) is 6.40. The molecular weight excluding hydrogens is 340 g/mol. The smallest absolute Gasteiger partial charge is 0.240 e. The van der Waals surface area contributed by atoms with E-state index in [2.05, 4.69) is 39.8 Å². The van der Waals surface area contributed by atoms with E-state index in [-0.39, 0.29) is 16.9 Å². The van der Waals surface area contributed by atoms with Gasteiger partial charge in [0.1, 0.15) is 0 Å². The molecule has 0 unspecified atom stereocenters. The number of hydrogen-bond donors (Lipinski definition) is 3. The molecule has 5 nitrogen and oxygen atoms in total. The fraction of sp³-hybridized carbons (Fsp3) is 0.727. The molecule has 4 aliphatic rings. The maximum atomic E-state index is 11.5. The Kier molecular flexibility index (Phi) is 4.48. The monoisotopic (exact) mass is 376 g/mol. The van der Waals surface area contributed by atoms with Crippen LogP contribution in [0, 0.1) is 22.7 Å². The number of ether oxygens (including phenoxy) is 2. The average molecular weight is 377 g/mol. The molecule has 3 N–H and O–H groups in total. The van der Waals surface area contributed by atoms with Crippen LogP contribution < -0.4 is 19.3 Å². The molecule has 0 aromatic heterocycles.